The van der Waals surface area contributed by atoms with Gasteiger partial charge in [0.1, 0.15) is 17.5 Å². The van der Waals surface area contributed by atoms with Crippen LogP contribution in [0.15, 0.2) is 24.3 Å². The summed E-state index contributed by atoms with van der Waals surface area (Å²) in [4.78, 5) is 33.1. The van der Waals surface area contributed by atoms with Crippen LogP contribution in [0.5, 0.6) is 0 Å². The largest absolute Gasteiger partial charge is 0.481 e. The van der Waals surface area contributed by atoms with Gasteiger partial charge in [0.2, 0.25) is 5.91 Å². The Hall–Kier alpha value is -3.00. The number of fused-ring (bicyclic) bond motifs is 1. The van der Waals surface area contributed by atoms with Crippen molar-refractivity contribution in [2.45, 2.75) is 26.3 Å². The van der Waals surface area contributed by atoms with E-state index in [2.05, 4.69) is 15.3 Å². The van der Waals surface area contributed by atoms with Crippen molar-refractivity contribution in [1.82, 2.24) is 15.3 Å². The van der Waals surface area contributed by atoms with Crippen molar-refractivity contribution in [3.8, 4) is 0 Å². The lowest BCUT2D eigenvalue weighted by atomic mass is 10.1. The van der Waals surface area contributed by atoms with Gasteiger partial charge in [0.05, 0.1) is 12.8 Å². The van der Waals surface area contributed by atoms with Crippen molar-refractivity contribution in [3.63, 3.8) is 0 Å². The van der Waals surface area contributed by atoms with Crippen molar-refractivity contribution in [3.05, 3.63) is 46.8 Å². The van der Waals surface area contributed by atoms with Crippen LogP contribution in [0.25, 0.3) is 0 Å². The maximum Gasteiger partial charge on any atom is 0.307 e. The van der Waals surface area contributed by atoms with E-state index in [0.717, 1.165) is 11.1 Å². The summed E-state index contributed by atoms with van der Waals surface area (Å²) < 4.78 is 0. The highest BCUT2D eigenvalue weighted by Crippen LogP contribution is 2.29. The van der Waals surface area contributed by atoms with Gasteiger partial charge in [-0.25, -0.2) is 9.97 Å². The normalized spacial score (nSPS) is 13.1. The monoisotopic (exact) mass is 355 g/mol. The molecule has 3 rings (SSSR count). The van der Waals surface area contributed by atoms with E-state index in [-0.39, 0.29) is 18.7 Å². The average Bonchev–Trinajstić information content (AvgIpc) is 2.88. The molecule has 1 amide bonds. The summed E-state index contributed by atoms with van der Waals surface area (Å²) in [5, 5.41) is 12.1. The number of nitrogens with zero attached hydrogens (tertiary/aromatic N) is 3. The Balaban J connectivity index is 1.57. The Morgan fingerprint density at radius 2 is 2.12 bits per heavy atom. The lowest BCUT2D eigenvalue weighted by molar-refractivity contribution is -0.136. The number of carbonyl (C=O) groups is 2. The van der Waals surface area contributed by atoms with Crippen molar-refractivity contribution < 1.29 is 14.7 Å². The van der Waals surface area contributed by atoms with Crippen molar-refractivity contribution in [2.24, 2.45) is 0 Å². The first-order valence-corrected chi connectivity index (χ1v) is 8.37. The molecule has 0 fully saturated rings. The smallest absolute Gasteiger partial charge is 0.307 e. The van der Waals surface area contributed by atoms with Crippen LogP contribution in [-0.2, 0) is 29.0 Å². The zero-order chi connectivity index (χ0) is 18.7. The second-order valence-electron chi connectivity index (χ2n) is 6.25. The molecule has 0 bridgehead atoms. The molecule has 8 nitrogen and oxygen atoms in total. The van der Waals surface area contributed by atoms with Gasteiger partial charge in [-0.1, -0.05) is 24.3 Å². The summed E-state index contributed by atoms with van der Waals surface area (Å²) in [6, 6.07) is 7.45. The Labute approximate surface area is 151 Å². The van der Waals surface area contributed by atoms with E-state index >= 15 is 0 Å². The van der Waals surface area contributed by atoms with E-state index in [1.54, 1.807) is 17.9 Å². The molecule has 0 radical (unpaired) electrons. The molecule has 0 unspecified atom stereocenters. The number of nitrogens with one attached hydrogen (secondary N) is 1. The van der Waals surface area contributed by atoms with E-state index in [9.17, 15) is 9.59 Å². The summed E-state index contributed by atoms with van der Waals surface area (Å²) in [7, 11) is 0. The highest BCUT2D eigenvalue weighted by molar-refractivity contribution is 6.01. The number of anilines is 2. The SMILES string of the molecule is Cc1nc(N)c2c(n1)N(CCNCc1cccc(CC(=O)O)c1)C(=O)C2. The standard InChI is InChI=1S/C18H21N5O3/c1-11-21-17(19)14-9-15(24)23(18(14)22-11)6-5-20-10-13-4-2-3-12(7-13)8-16(25)26/h2-4,7,20H,5-6,8-10H2,1H3,(H,25,26)(H2,19,21,22). The fourth-order valence-electron chi connectivity index (χ4n) is 3.04. The van der Waals surface area contributed by atoms with Crippen LogP contribution in [0.2, 0.25) is 0 Å². The lowest BCUT2D eigenvalue weighted by Crippen LogP contribution is -2.34. The predicted octanol–water partition coefficient (Wildman–Crippen LogP) is 0.673. The number of aromatic nitrogens is 2. The van der Waals surface area contributed by atoms with E-state index in [4.69, 9.17) is 10.8 Å². The number of amides is 1. The number of benzene rings is 1. The fraction of sp³-hybridized carbons (Fsp3) is 0.333. The number of aliphatic carboxylic acids is 1. The number of carboxylic acid groups (broad SMARTS) is 1. The molecule has 0 spiro atoms. The van der Waals surface area contributed by atoms with E-state index < -0.39 is 5.97 Å². The highest BCUT2D eigenvalue weighted by atomic mass is 16.4. The summed E-state index contributed by atoms with van der Waals surface area (Å²) in [6.07, 6.45) is 0.242. The molecule has 1 aromatic heterocycles. The zero-order valence-electron chi connectivity index (χ0n) is 14.5. The molecule has 2 aromatic rings. The maximum absolute atomic E-state index is 12.2. The van der Waals surface area contributed by atoms with Crippen LogP contribution >= 0.6 is 0 Å². The van der Waals surface area contributed by atoms with Gasteiger partial charge in [-0.15, -0.1) is 0 Å². The molecule has 8 heteroatoms. The number of hydrogen-bond acceptors (Lipinski definition) is 6. The van der Waals surface area contributed by atoms with Crippen LogP contribution < -0.4 is 16.0 Å². The van der Waals surface area contributed by atoms with Gasteiger partial charge in [-0.2, -0.15) is 0 Å². The van der Waals surface area contributed by atoms with Crippen molar-refractivity contribution in [1.29, 1.82) is 0 Å². The number of carboxylic acids is 1. The first kappa shape index (κ1) is 17.8. The fourth-order valence-corrected chi connectivity index (χ4v) is 3.04. The number of hydrogen-bond donors (Lipinski definition) is 3. The van der Waals surface area contributed by atoms with Gasteiger partial charge in [0.25, 0.3) is 0 Å². The topological polar surface area (TPSA) is 121 Å². The van der Waals surface area contributed by atoms with Gasteiger partial charge < -0.3 is 16.2 Å². The van der Waals surface area contributed by atoms with Crippen molar-refractivity contribution >= 4 is 23.5 Å². The molecule has 26 heavy (non-hydrogen) atoms. The third kappa shape index (κ3) is 3.97. The maximum atomic E-state index is 12.2. The molecule has 2 heterocycles. The molecule has 1 aliphatic heterocycles. The Morgan fingerprint density at radius 1 is 1.35 bits per heavy atom. The van der Waals surface area contributed by atoms with Crippen LogP contribution in [0.3, 0.4) is 0 Å². The van der Waals surface area contributed by atoms with E-state index in [1.165, 1.54) is 0 Å². The molecule has 1 aliphatic rings. The van der Waals surface area contributed by atoms with Gasteiger partial charge in [-0.3, -0.25) is 14.5 Å². The minimum atomic E-state index is -0.849. The van der Waals surface area contributed by atoms with Crippen LogP contribution in [0.4, 0.5) is 11.6 Å². The molecular weight excluding hydrogens is 334 g/mol. The number of nitrogens with two attached hydrogens (primary N) is 1. The summed E-state index contributed by atoms with van der Waals surface area (Å²) in [5.74, 6) is 0.635. The van der Waals surface area contributed by atoms with Gasteiger partial charge >= 0.3 is 5.97 Å². The average molecular weight is 355 g/mol. The van der Waals surface area contributed by atoms with Gasteiger partial charge in [0, 0.05) is 25.2 Å². The molecule has 0 saturated heterocycles. The number of aryl methyl sites for hydroxylation is 1. The molecule has 136 valence electrons. The van der Waals surface area contributed by atoms with Gasteiger partial charge in [0.15, 0.2) is 0 Å². The van der Waals surface area contributed by atoms with Crippen LogP contribution in [0, 0.1) is 6.92 Å². The minimum Gasteiger partial charge on any atom is -0.481 e. The predicted molar refractivity (Wildman–Crippen MR) is 96.7 cm³/mol. The zero-order valence-corrected chi connectivity index (χ0v) is 14.5. The second kappa shape index (κ2) is 7.49. The number of carbonyl (C=O) groups excluding carboxylic acids is 1. The summed E-state index contributed by atoms with van der Waals surface area (Å²) in [6.45, 7) is 3.40. The highest BCUT2D eigenvalue weighted by Gasteiger charge is 2.30. The molecule has 0 saturated carbocycles. The quantitative estimate of drug-likeness (QED) is 0.624. The first-order chi connectivity index (χ1) is 12.4. The molecular formula is C18H21N5O3. The Bertz CT molecular complexity index is 853. The lowest BCUT2D eigenvalue weighted by Gasteiger charge is -2.17. The molecule has 0 atom stereocenters. The Morgan fingerprint density at radius 3 is 2.88 bits per heavy atom. The van der Waals surface area contributed by atoms with Gasteiger partial charge in [-0.05, 0) is 18.1 Å². The molecule has 1 aromatic carbocycles. The minimum absolute atomic E-state index is 0.00732. The second-order valence-corrected chi connectivity index (χ2v) is 6.25. The van der Waals surface area contributed by atoms with E-state index in [0.29, 0.717) is 42.7 Å². The third-order valence-corrected chi connectivity index (χ3v) is 4.20. The number of nitrogen functional groups attached to an aromatic ring is 1. The molecule has 4 N–H and O–H groups in total. The third-order valence-electron chi connectivity index (χ3n) is 4.20. The van der Waals surface area contributed by atoms with E-state index in [1.807, 2.05) is 18.2 Å². The van der Waals surface area contributed by atoms with Crippen LogP contribution in [0.1, 0.15) is 22.5 Å². The van der Waals surface area contributed by atoms with Crippen molar-refractivity contribution in [2.75, 3.05) is 23.7 Å². The summed E-state index contributed by atoms with van der Waals surface area (Å²) >= 11 is 0. The van der Waals surface area contributed by atoms with Crippen LogP contribution in [-0.4, -0.2) is 40.0 Å². The first-order valence-electron chi connectivity index (χ1n) is 8.37. The Kier molecular flexibility index (Phi) is 5.13. The number of rotatable bonds is 7. The summed E-state index contributed by atoms with van der Waals surface area (Å²) in [5.41, 5.74) is 8.35. The molecule has 0 aliphatic carbocycles.